The Morgan fingerprint density at radius 3 is 2.67 bits per heavy atom. The molecule has 0 atom stereocenters. The van der Waals surface area contributed by atoms with Crippen LogP contribution in [0.4, 0.5) is 11.4 Å². The van der Waals surface area contributed by atoms with Crippen molar-refractivity contribution >= 4 is 50.9 Å². The summed E-state index contributed by atoms with van der Waals surface area (Å²) in [5.74, 6) is -0.632. The van der Waals surface area contributed by atoms with Crippen molar-refractivity contribution in [3.8, 4) is 6.07 Å². The quantitative estimate of drug-likeness (QED) is 0.348. The Labute approximate surface area is 150 Å². The molecule has 2 rings (SSSR count). The van der Waals surface area contributed by atoms with Gasteiger partial charge in [-0.05, 0) is 45.8 Å². The summed E-state index contributed by atoms with van der Waals surface area (Å²) in [6.45, 7) is 0. The first-order valence-corrected chi connectivity index (χ1v) is 7.70. The van der Waals surface area contributed by atoms with Crippen LogP contribution in [0.1, 0.15) is 5.56 Å². The van der Waals surface area contributed by atoms with Gasteiger partial charge in [0.1, 0.15) is 11.6 Å². The molecule has 0 spiro atoms. The van der Waals surface area contributed by atoms with E-state index in [2.05, 4.69) is 21.2 Å². The number of nitro groups is 1. The highest BCUT2D eigenvalue weighted by atomic mass is 79.9. The average Bonchev–Trinajstić information content (AvgIpc) is 2.54. The van der Waals surface area contributed by atoms with E-state index in [1.54, 1.807) is 24.3 Å². The first-order valence-electron chi connectivity index (χ1n) is 6.53. The van der Waals surface area contributed by atoms with Crippen LogP contribution >= 0.6 is 27.5 Å². The van der Waals surface area contributed by atoms with E-state index in [0.717, 1.165) is 0 Å². The molecule has 0 unspecified atom stereocenters. The molecular weight excluding hydrogens is 398 g/mol. The molecule has 0 radical (unpaired) electrons. The molecule has 0 aliphatic carbocycles. The van der Waals surface area contributed by atoms with Gasteiger partial charge in [-0.3, -0.25) is 14.9 Å². The van der Waals surface area contributed by atoms with Crippen molar-refractivity contribution in [2.45, 2.75) is 0 Å². The Balaban J connectivity index is 2.24. The molecule has 0 aliphatic rings. The lowest BCUT2D eigenvalue weighted by molar-refractivity contribution is -0.384. The van der Waals surface area contributed by atoms with Crippen molar-refractivity contribution in [1.29, 1.82) is 5.26 Å². The number of nitriles is 1. The fourth-order valence-electron chi connectivity index (χ4n) is 1.82. The van der Waals surface area contributed by atoms with E-state index < -0.39 is 10.8 Å². The van der Waals surface area contributed by atoms with Gasteiger partial charge >= 0.3 is 0 Å². The van der Waals surface area contributed by atoms with Gasteiger partial charge in [-0.15, -0.1) is 0 Å². The molecule has 1 amide bonds. The van der Waals surface area contributed by atoms with E-state index in [1.807, 2.05) is 6.07 Å². The molecule has 0 heterocycles. The highest BCUT2D eigenvalue weighted by molar-refractivity contribution is 9.10. The van der Waals surface area contributed by atoms with Crippen molar-refractivity contribution in [3.05, 3.63) is 73.2 Å². The van der Waals surface area contributed by atoms with Gasteiger partial charge in [0.15, 0.2) is 0 Å². The zero-order chi connectivity index (χ0) is 17.7. The number of benzene rings is 2. The highest BCUT2D eigenvalue weighted by Gasteiger charge is 2.14. The molecule has 0 aliphatic heterocycles. The minimum absolute atomic E-state index is 0.116. The first-order chi connectivity index (χ1) is 11.4. The van der Waals surface area contributed by atoms with Gasteiger partial charge in [0.05, 0.1) is 10.6 Å². The van der Waals surface area contributed by atoms with E-state index in [1.165, 1.54) is 24.3 Å². The Kier molecular flexibility index (Phi) is 5.68. The molecule has 0 saturated carbocycles. The third-order valence-corrected chi connectivity index (χ3v) is 3.83. The minimum Gasteiger partial charge on any atom is -0.320 e. The second-order valence-corrected chi connectivity index (χ2v) is 5.89. The van der Waals surface area contributed by atoms with Gasteiger partial charge in [0.25, 0.3) is 11.6 Å². The van der Waals surface area contributed by atoms with Crippen molar-refractivity contribution in [2.24, 2.45) is 0 Å². The minimum atomic E-state index is -0.632. The molecule has 6 nitrogen and oxygen atoms in total. The highest BCUT2D eigenvalue weighted by Crippen LogP contribution is 2.27. The summed E-state index contributed by atoms with van der Waals surface area (Å²) in [6.07, 6.45) is 1.40. The number of amides is 1. The van der Waals surface area contributed by atoms with Gasteiger partial charge in [0.2, 0.25) is 0 Å². The number of carbonyl (C=O) groups is 1. The predicted molar refractivity (Wildman–Crippen MR) is 94.5 cm³/mol. The standard InChI is InChI=1S/C16H9BrClN3O3/c17-14-8-13(21(23)24)4-5-15(14)20-16(22)11(9-19)6-10-2-1-3-12(18)7-10/h1-8H,(H,20,22)/b11-6-. The Hall–Kier alpha value is -2.69. The largest absolute Gasteiger partial charge is 0.320 e. The van der Waals surface area contributed by atoms with E-state index in [9.17, 15) is 20.2 Å². The van der Waals surface area contributed by atoms with Gasteiger partial charge in [-0.25, -0.2) is 0 Å². The SMILES string of the molecule is N#C/C(=C/c1cccc(Cl)c1)C(=O)Nc1ccc([N+](=O)[O-])cc1Br. The summed E-state index contributed by atoms with van der Waals surface area (Å²) in [4.78, 5) is 22.4. The predicted octanol–water partition coefficient (Wildman–Crippen LogP) is 4.56. The molecule has 24 heavy (non-hydrogen) atoms. The van der Waals surface area contributed by atoms with Crippen LogP contribution in [0.15, 0.2) is 52.5 Å². The van der Waals surface area contributed by atoms with Gasteiger partial charge in [-0.1, -0.05) is 23.7 Å². The zero-order valence-electron chi connectivity index (χ0n) is 12.0. The normalized spacial score (nSPS) is 10.8. The molecule has 120 valence electrons. The second-order valence-electron chi connectivity index (χ2n) is 4.60. The zero-order valence-corrected chi connectivity index (χ0v) is 14.3. The van der Waals surface area contributed by atoms with Crippen LogP contribution in [0.2, 0.25) is 5.02 Å². The monoisotopic (exact) mass is 405 g/mol. The van der Waals surface area contributed by atoms with Crippen LogP contribution < -0.4 is 5.32 Å². The second kappa shape index (κ2) is 7.73. The van der Waals surface area contributed by atoms with Crippen LogP contribution in [0.25, 0.3) is 6.08 Å². The number of anilines is 1. The summed E-state index contributed by atoms with van der Waals surface area (Å²) in [6, 6.07) is 12.4. The van der Waals surface area contributed by atoms with Gasteiger partial charge < -0.3 is 5.32 Å². The Morgan fingerprint density at radius 2 is 2.08 bits per heavy atom. The number of nitro benzene ring substituents is 1. The molecule has 0 saturated heterocycles. The average molecular weight is 407 g/mol. The summed E-state index contributed by atoms with van der Waals surface area (Å²) >= 11 is 9.02. The molecule has 0 bridgehead atoms. The van der Waals surface area contributed by atoms with E-state index >= 15 is 0 Å². The number of nitrogens with zero attached hydrogens (tertiary/aromatic N) is 2. The third-order valence-electron chi connectivity index (χ3n) is 2.94. The van der Waals surface area contributed by atoms with Crippen molar-refractivity contribution in [2.75, 3.05) is 5.32 Å². The maximum atomic E-state index is 12.2. The van der Waals surface area contributed by atoms with Crippen LogP contribution in [0, 0.1) is 21.4 Å². The summed E-state index contributed by atoms with van der Waals surface area (Å²) in [5.41, 5.74) is 0.687. The third kappa shape index (κ3) is 4.41. The number of halogens is 2. The Bertz CT molecular complexity index is 890. The van der Waals surface area contributed by atoms with Crippen molar-refractivity contribution in [3.63, 3.8) is 0 Å². The molecular formula is C16H9BrClN3O3. The topological polar surface area (TPSA) is 96.0 Å². The molecule has 0 aromatic heterocycles. The lowest BCUT2D eigenvalue weighted by atomic mass is 10.1. The number of nitrogens with one attached hydrogen (secondary N) is 1. The summed E-state index contributed by atoms with van der Waals surface area (Å²) in [7, 11) is 0. The summed E-state index contributed by atoms with van der Waals surface area (Å²) in [5, 5.41) is 22.9. The van der Waals surface area contributed by atoms with Crippen LogP contribution in [0.5, 0.6) is 0 Å². The fourth-order valence-corrected chi connectivity index (χ4v) is 2.48. The molecule has 2 aromatic carbocycles. The number of hydrogen-bond donors (Lipinski definition) is 1. The number of hydrogen-bond acceptors (Lipinski definition) is 4. The van der Waals surface area contributed by atoms with Gasteiger partial charge in [-0.2, -0.15) is 5.26 Å². The maximum Gasteiger partial charge on any atom is 0.270 e. The lowest BCUT2D eigenvalue weighted by Crippen LogP contribution is -2.13. The van der Waals surface area contributed by atoms with Crippen LogP contribution in [0.3, 0.4) is 0 Å². The molecule has 1 N–H and O–H groups in total. The smallest absolute Gasteiger partial charge is 0.270 e. The number of rotatable bonds is 4. The van der Waals surface area contributed by atoms with Crippen molar-refractivity contribution in [1.82, 2.24) is 0 Å². The first kappa shape index (κ1) is 17.7. The van der Waals surface area contributed by atoms with Crippen LogP contribution in [-0.4, -0.2) is 10.8 Å². The van der Waals surface area contributed by atoms with Crippen molar-refractivity contribution < 1.29 is 9.72 Å². The molecule has 8 heteroatoms. The Morgan fingerprint density at radius 1 is 1.33 bits per heavy atom. The number of non-ortho nitro benzene ring substituents is 1. The maximum absolute atomic E-state index is 12.2. The van der Waals surface area contributed by atoms with E-state index in [0.29, 0.717) is 20.7 Å². The molecule has 2 aromatic rings. The van der Waals surface area contributed by atoms with Gasteiger partial charge in [0, 0.05) is 21.6 Å². The van der Waals surface area contributed by atoms with Crippen LogP contribution in [-0.2, 0) is 4.79 Å². The fraction of sp³-hybridized carbons (Fsp3) is 0. The van der Waals surface area contributed by atoms with E-state index in [4.69, 9.17) is 11.6 Å². The lowest BCUT2D eigenvalue weighted by Gasteiger charge is -2.06. The summed E-state index contributed by atoms with van der Waals surface area (Å²) < 4.78 is 0.338. The van der Waals surface area contributed by atoms with E-state index in [-0.39, 0.29) is 11.3 Å². The molecule has 0 fully saturated rings. The number of carbonyl (C=O) groups excluding carboxylic acids is 1.